The number of carbonyl (C=O) groups excluding carboxylic acids is 1. The Balaban J connectivity index is 3.80. The number of unbranched alkanes of at least 4 members (excludes halogenated alkanes) is 2. The molecule has 0 aliphatic rings. The van der Waals surface area contributed by atoms with Crippen LogP contribution in [0.15, 0.2) is 12.7 Å². The van der Waals surface area contributed by atoms with E-state index in [0.717, 1.165) is 38.8 Å². The van der Waals surface area contributed by atoms with E-state index in [1.165, 1.54) is 6.08 Å². The zero-order chi connectivity index (χ0) is 12.9. The molecular formula is C13H27N3O. The molecule has 0 atom stereocenters. The maximum Gasteiger partial charge on any atom is 0.248 e. The summed E-state index contributed by atoms with van der Waals surface area (Å²) in [6.45, 7) is 10.9. The molecule has 0 aliphatic carbocycles. The topological polar surface area (TPSA) is 44.4 Å². The summed E-state index contributed by atoms with van der Waals surface area (Å²) < 4.78 is 0. The second-order valence-corrected chi connectivity index (χ2v) is 4.11. The average Bonchev–Trinajstić information content (AvgIpc) is 2.36. The quantitative estimate of drug-likeness (QED) is 0.329. The molecule has 0 rings (SSSR count). The average molecular weight is 241 g/mol. The summed E-state index contributed by atoms with van der Waals surface area (Å²) in [6, 6.07) is 0. The molecule has 0 unspecified atom stereocenters. The molecular weight excluding hydrogens is 214 g/mol. The fourth-order valence-electron chi connectivity index (χ4n) is 1.37. The van der Waals surface area contributed by atoms with E-state index in [1.54, 1.807) is 4.90 Å². The standard InChI is InChI=1S/C13H27N3O/c1-4-7-9-14-11-16(13(17)6-3)12-15-10-8-5-2/h6,14-15H,3-5,7-12H2,1-2H3. The van der Waals surface area contributed by atoms with Gasteiger partial charge in [0.1, 0.15) is 0 Å². The SMILES string of the molecule is C=CC(=O)N(CNCCCC)CNCCCC. The third-order valence-corrected chi connectivity index (χ3v) is 2.51. The molecule has 0 aromatic heterocycles. The van der Waals surface area contributed by atoms with Gasteiger partial charge in [-0.15, -0.1) is 0 Å². The van der Waals surface area contributed by atoms with Crippen molar-refractivity contribution >= 4 is 5.91 Å². The summed E-state index contributed by atoms with van der Waals surface area (Å²) in [4.78, 5) is 13.3. The molecule has 0 heterocycles. The van der Waals surface area contributed by atoms with Gasteiger partial charge in [-0.1, -0.05) is 33.3 Å². The van der Waals surface area contributed by atoms with Crippen molar-refractivity contribution in [3.63, 3.8) is 0 Å². The van der Waals surface area contributed by atoms with E-state index in [9.17, 15) is 4.79 Å². The van der Waals surface area contributed by atoms with Crippen molar-refractivity contribution < 1.29 is 4.79 Å². The van der Waals surface area contributed by atoms with Gasteiger partial charge >= 0.3 is 0 Å². The number of nitrogens with zero attached hydrogens (tertiary/aromatic N) is 1. The van der Waals surface area contributed by atoms with Crippen molar-refractivity contribution in [3.05, 3.63) is 12.7 Å². The van der Waals surface area contributed by atoms with Crippen LogP contribution in [0.5, 0.6) is 0 Å². The molecule has 2 N–H and O–H groups in total. The molecule has 1 amide bonds. The van der Waals surface area contributed by atoms with Crippen LogP contribution < -0.4 is 10.6 Å². The lowest BCUT2D eigenvalue weighted by molar-refractivity contribution is -0.126. The van der Waals surface area contributed by atoms with E-state index in [2.05, 4.69) is 31.1 Å². The maximum absolute atomic E-state index is 11.6. The molecule has 0 aromatic carbocycles. The number of amides is 1. The summed E-state index contributed by atoms with van der Waals surface area (Å²) in [5.41, 5.74) is 0. The predicted molar refractivity (Wildman–Crippen MR) is 72.6 cm³/mol. The number of carbonyl (C=O) groups is 1. The van der Waals surface area contributed by atoms with Gasteiger partial charge in [-0.05, 0) is 32.0 Å². The van der Waals surface area contributed by atoms with Crippen LogP contribution in [0, 0.1) is 0 Å². The summed E-state index contributed by atoms with van der Waals surface area (Å²) in [7, 11) is 0. The predicted octanol–water partition coefficient (Wildman–Crippen LogP) is 1.70. The number of rotatable bonds is 11. The largest absolute Gasteiger partial charge is 0.314 e. The maximum atomic E-state index is 11.6. The van der Waals surface area contributed by atoms with Gasteiger partial charge in [-0.25, -0.2) is 0 Å². The van der Waals surface area contributed by atoms with E-state index in [4.69, 9.17) is 0 Å². The third-order valence-electron chi connectivity index (χ3n) is 2.51. The molecule has 0 saturated heterocycles. The van der Waals surface area contributed by atoms with Crippen LogP contribution >= 0.6 is 0 Å². The third kappa shape index (κ3) is 8.89. The highest BCUT2D eigenvalue weighted by atomic mass is 16.2. The van der Waals surface area contributed by atoms with Gasteiger partial charge in [-0.3, -0.25) is 15.4 Å². The summed E-state index contributed by atoms with van der Waals surface area (Å²) in [6.07, 6.45) is 5.97. The fraction of sp³-hybridized carbons (Fsp3) is 0.769. The zero-order valence-electron chi connectivity index (χ0n) is 11.3. The molecule has 4 heteroatoms. The Morgan fingerprint density at radius 2 is 1.59 bits per heavy atom. The first-order valence-electron chi connectivity index (χ1n) is 6.59. The Kier molecular flexibility index (Phi) is 11.0. The number of nitrogens with one attached hydrogen (secondary N) is 2. The first-order valence-corrected chi connectivity index (χ1v) is 6.59. The number of hydrogen-bond donors (Lipinski definition) is 2. The van der Waals surface area contributed by atoms with E-state index in [1.807, 2.05) is 0 Å². The Morgan fingerprint density at radius 3 is 1.94 bits per heavy atom. The van der Waals surface area contributed by atoms with Crippen LogP contribution in [-0.4, -0.2) is 37.2 Å². The van der Waals surface area contributed by atoms with E-state index < -0.39 is 0 Å². The van der Waals surface area contributed by atoms with E-state index >= 15 is 0 Å². The fourth-order valence-corrected chi connectivity index (χ4v) is 1.37. The molecule has 17 heavy (non-hydrogen) atoms. The van der Waals surface area contributed by atoms with Crippen molar-refractivity contribution in [2.45, 2.75) is 39.5 Å². The summed E-state index contributed by atoms with van der Waals surface area (Å²) in [5, 5.41) is 6.52. The lowest BCUT2D eigenvalue weighted by atomic mass is 10.3. The smallest absolute Gasteiger partial charge is 0.248 e. The molecule has 0 saturated carbocycles. The van der Waals surface area contributed by atoms with Crippen LogP contribution in [-0.2, 0) is 4.79 Å². The van der Waals surface area contributed by atoms with Crippen molar-refractivity contribution in [2.24, 2.45) is 0 Å². The highest BCUT2D eigenvalue weighted by Gasteiger charge is 2.07. The highest BCUT2D eigenvalue weighted by molar-refractivity contribution is 5.86. The first kappa shape index (κ1) is 16.1. The molecule has 0 aromatic rings. The Bertz CT molecular complexity index is 195. The highest BCUT2D eigenvalue weighted by Crippen LogP contribution is 1.90. The van der Waals surface area contributed by atoms with Crippen molar-refractivity contribution in [1.82, 2.24) is 15.5 Å². The summed E-state index contributed by atoms with van der Waals surface area (Å²) in [5.74, 6) is -0.0296. The minimum atomic E-state index is -0.0296. The van der Waals surface area contributed by atoms with Gasteiger partial charge in [0.05, 0.1) is 13.3 Å². The van der Waals surface area contributed by atoms with Crippen molar-refractivity contribution in [3.8, 4) is 0 Å². The van der Waals surface area contributed by atoms with Crippen LogP contribution in [0.1, 0.15) is 39.5 Å². The van der Waals surface area contributed by atoms with Gasteiger partial charge in [0, 0.05) is 0 Å². The monoisotopic (exact) mass is 241 g/mol. The Morgan fingerprint density at radius 1 is 1.12 bits per heavy atom. The van der Waals surface area contributed by atoms with E-state index in [-0.39, 0.29) is 5.91 Å². The molecule has 0 fully saturated rings. The molecule has 4 nitrogen and oxygen atoms in total. The summed E-state index contributed by atoms with van der Waals surface area (Å²) >= 11 is 0. The van der Waals surface area contributed by atoms with Crippen LogP contribution in [0.2, 0.25) is 0 Å². The second kappa shape index (κ2) is 11.6. The molecule has 100 valence electrons. The van der Waals surface area contributed by atoms with Crippen molar-refractivity contribution in [1.29, 1.82) is 0 Å². The van der Waals surface area contributed by atoms with Gasteiger partial charge in [0.15, 0.2) is 0 Å². The second-order valence-electron chi connectivity index (χ2n) is 4.11. The molecule has 0 bridgehead atoms. The Hall–Kier alpha value is -0.870. The molecule has 0 radical (unpaired) electrons. The normalized spacial score (nSPS) is 10.2. The van der Waals surface area contributed by atoms with Crippen LogP contribution in [0.25, 0.3) is 0 Å². The lowest BCUT2D eigenvalue weighted by Gasteiger charge is -2.22. The van der Waals surface area contributed by atoms with E-state index in [0.29, 0.717) is 13.3 Å². The van der Waals surface area contributed by atoms with Gasteiger partial charge in [0.25, 0.3) is 0 Å². The molecule has 0 spiro atoms. The zero-order valence-corrected chi connectivity index (χ0v) is 11.3. The Labute approximate surface area is 105 Å². The first-order chi connectivity index (χ1) is 8.26. The van der Waals surface area contributed by atoms with Crippen LogP contribution in [0.4, 0.5) is 0 Å². The number of hydrogen-bond acceptors (Lipinski definition) is 3. The minimum Gasteiger partial charge on any atom is -0.314 e. The van der Waals surface area contributed by atoms with Gasteiger partial charge in [0.2, 0.25) is 5.91 Å². The lowest BCUT2D eigenvalue weighted by Crippen LogP contribution is -2.43. The molecule has 0 aliphatic heterocycles. The van der Waals surface area contributed by atoms with Gasteiger partial charge < -0.3 is 4.90 Å². The van der Waals surface area contributed by atoms with Gasteiger partial charge in [-0.2, -0.15) is 0 Å². The van der Waals surface area contributed by atoms with Crippen LogP contribution in [0.3, 0.4) is 0 Å². The minimum absolute atomic E-state index is 0.0296. The van der Waals surface area contributed by atoms with Crippen molar-refractivity contribution in [2.75, 3.05) is 26.4 Å².